The first-order chi connectivity index (χ1) is 13.6. The van der Waals surface area contributed by atoms with Crippen molar-refractivity contribution in [3.8, 4) is 11.5 Å². The van der Waals surface area contributed by atoms with Crippen LogP contribution in [0, 0.1) is 5.82 Å². The van der Waals surface area contributed by atoms with Crippen molar-refractivity contribution >= 4 is 16.8 Å². The fourth-order valence-electron chi connectivity index (χ4n) is 3.59. The number of carbonyl (C=O) groups excluding carboxylic acids is 1. The molecule has 0 atom stereocenters. The molecule has 6 heteroatoms. The minimum absolute atomic E-state index is 0.0744. The van der Waals surface area contributed by atoms with Crippen LogP contribution in [0.5, 0.6) is 11.5 Å². The Morgan fingerprint density at radius 2 is 1.89 bits per heavy atom. The molecule has 5 nitrogen and oxygen atoms in total. The van der Waals surface area contributed by atoms with Crippen molar-refractivity contribution in [2.24, 2.45) is 0 Å². The van der Waals surface area contributed by atoms with Crippen LogP contribution in [-0.2, 0) is 12.8 Å². The van der Waals surface area contributed by atoms with Gasteiger partial charge in [-0.05, 0) is 61.6 Å². The molecule has 0 amide bonds. The summed E-state index contributed by atoms with van der Waals surface area (Å²) in [5, 5.41) is 0.908. The van der Waals surface area contributed by atoms with Gasteiger partial charge in [0.05, 0.1) is 7.11 Å². The number of benzene rings is 2. The van der Waals surface area contributed by atoms with E-state index in [1.165, 1.54) is 19.2 Å². The first kappa shape index (κ1) is 18.2. The van der Waals surface area contributed by atoms with E-state index >= 15 is 0 Å². The number of ketones is 1. The number of rotatable bonds is 5. The van der Waals surface area contributed by atoms with Gasteiger partial charge in [-0.3, -0.25) is 4.79 Å². The van der Waals surface area contributed by atoms with Gasteiger partial charge in [-0.1, -0.05) is 0 Å². The lowest BCUT2D eigenvalue weighted by Crippen LogP contribution is -2.16. The zero-order valence-corrected chi connectivity index (χ0v) is 15.4. The number of Topliss-reactive ketones (excluding diaryl/α,β-unsaturated/α-hetero) is 1. The van der Waals surface area contributed by atoms with Gasteiger partial charge in [0.15, 0.2) is 24.0 Å². The van der Waals surface area contributed by atoms with E-state index in [0.717, 1.165) is 48.3 Å². The van der Waals surface area contributed by atoms with Crippen molar-refractivity contribution in [1.82, 2.24) is 0 Å². The average molecular weight is 382 g/mol. The number of hydrogen-bond donors (Lipinski definition) is 0. The number of methoxy groups -OCH3 is 1. The van der Waals surface area contributed by atoms with Crippen molar-refractivity contribution in [3.63, 3.8) is 0 Å². The van der Waals surface area contributed by atoms with Gasteiger partial charge in [-0.15, -0.1) is 0 Å². The molecule has 0 unspecified atom stereocenters. The molecule has 1 heterocycles. The molecule has 1 aliphatic rings. The van der Waals surface area contributed by atoms with Crippen LogP contribution in [0.3, 0.4) is 0 Å². The highest BCUT2D eigenvalue weighted by Gasteiger charge is 2.18. The summed E-state index contributed by atoms with van der Waals surface area (Å²) in [5.41, 5.74) is 2.16. The molecule has 0 fully saturated rings. The lowest BCUT2D eigenvalue weighted by Gasteiger charge is -2.16. The molecule has 0 N–H and O–H groups in total. The van der Waals surface area contributed by atoms with Crippen LogP contribution in [0.2, 0.25) is 0 Å². The maximum atomic E-state index is 13.8. The van der Waals surface area contributed by atoms with E-state index in [0.29, 0.717) is 11.3 Å². The number of hydrogen-bond acceptors (Lipinski definition) is 5. The van der Waals surface area contributed by atoms with Crippen LogP contribution in [0.25, 0.3) is 11.0 Å². The third-order valence-electron chi connectivity index (χ3n) is 5.04. The van der Waals surface area contributed by atoms with Gasteiger partial charge in [0, 0.05) is 22.6 Å². The van der Waals surface area contributed by atoms with Gasteiger partial charge in [0.2, 0.25) is 0 Å². The van der Waals surface area contributed by atoms with Crippen LogP contribution < -0.4 is 15.1 Å². The summed E-state index contributed by atoms with van der Waals surface area (Å²) in [7, 11) is 1.36. The maximum absolute atomic E-state index is 13.8. The fraction of sp³-hybridized carbons (Fsp3) is 0.273. The summed E-state index contributed by atoms with van der Waals surface area (Å²) in [6.45, 7) is -0.257. The number of ether oxygens (including phenoxy) is 2. The third kappa shape index (κ3) is 3.38. The summed E-state index contributed by atoms with van der Waals surface area (Å²) in [6, 6.07) is 9.23. The SMILES string of the molecule is COc1ccc(C(=O)COc2ccc3c4c(c(=O)oc3c2)CCCC4)cc1F. The van der Waals surface area contributed by atoms with Gasteiger partial charge >= 0.3 is 5.63 Å². The molecule has 0 aliphatic heterocycles. The largest absolute Gasteiger partial charge is 0.494 e. The van der Waals surface area contributed by atoms with E-state index in [1.54, 1.807) is 12.1 Å². The molecular weight excluding hydrogens is 363 g/mol. The molecule has 144 valence electrons. The second kappa shape index (κ2) is 7.46. The molecular formula is C22H19FO5. The molecule has 0 radical (unpaired) electrons. The highest BCUT2D eigenvalue weighted by Crippen LogP contribution is 2.29. The van der Waals surface area contributed by atoms with Crippen LogP contribution in [0.4, 0.5) is 4.39 Å². The molecule has 3 aromatic rings. The van der Waals surface area contributed by atoms with Gasteiger partial charge in [0.25, 0.3) is 0 Å². The van der Waals surface area contributed by atoms with E-state index in [2.05, 4.69) is 0 Å². The molecule has 2 aromatic carbocycles. The first-order valence-electron chi connectivity index (χ1n) is 9.15. The van der Waals surface area contributed by atoms with Gasteiger partial charge in [-0.25, -0.2) is 9.18 Å². The number of carbonyl (C=O) groups is 1. The van der Waals surface area contributed by atoms with Crippen LogP contribution in [-0.4, -0.2) is 19.5 Å². The van der Waals surface area contributed by atoms with Crippen molar-refractivity contribution in [3.05, 3.63) is 69.3 Å². The van der Waals surface area contributed by atoms with Gasteiger partial charge < -0.3 is 13.9 Å². The fourth-order valence-corrected chi connectivity index (χ4v) is 3.59. The predicted octanol–water partition coefficient (Wildman–Crippen LogP) is 4.08. The molecule has 4 rings (SSSR count). The second-order valence-corrected chi connectivity index (χ2v) is 6.77. The zero-order valence-electron chi connectivity index (χ0n) is 15.4. The first-order valence-corrected chi connectivity index (χ1v) is 9.15. The second-order valence-electron chi connectivity index (χ2n) is 6.77. The maximum Gasteiger partial charge on any atom is 0.339 e. The molecule has 28 heavy (non-hydrogen) atoms. The Bertz CT molecular complexity index is 1120. The summed E-state index contributed by atoms with van der Waals surface area (Å²) in [5.74, 6) is -0.488. The number of aryl methyl sites for hydroxylation is 1. The predicted molar refractivity (Wildman–Crippen MR) is 102 cm³/mol. The summed E-state index contributed by atoms with van der Waals surface area (Å²) < 4.78 is 29.6. The Hall–Kier alpha value is -3.15. The standard InChI is InChI=1S/C22H19FO5/c1-26-20-9-6-13(10-18(20)23)19(24)12-27-14-7-8-16-15-4-2-3-5-17(15)22(25)28-21(16)11-14/h6-11H,2-5,12H2,1H3. The monoisotopic (exact) mass is 382 g/mol. The molecule has 0 saturated carbocycles. The van der Waals surface area contributed by atoms with Gasteiger partial charge in [-0.2, -0.15) is 0 Å². The summed E-state index contributed by atoms with van der Waals surface area (Å²) in [4.78, 5) is 24.5. The Kier molecular flexibility index (Phi) is 4.86. The van der Waals surface area contributed by atoms with Crippen LogP contribution in [0.1, 0.15) is 34.3 Å². The highest BCUT2D eigenvalue weighted by molar-refractivity contribution is 5.97. The van der Waals surface area contributed by atoms with Gasteiger partial charge in [0.1, 0.15) is 11.3 Å². The lowest BCUT2D eigenvalue weighted by atomic mass is 9.91. The van der Waals surface area contributed by atoms with Crippen LogP contribution >= 0.6 is 0 Å². The Morgan fingerprint density at radius 3 is 2.64 bits per heavy atom. The molecule has 1 aliphatic carbocycles. The number of fused-ring (bicyclic) bond motifs is 3. The lowest BCUT2D eigenvalue weighted by molar-refractivity contribution is 0.0921. The van der Waals surface area contributed by atoms with Crippen LogP contribution in [0.15, 0.2) is 45.6 Å². The molecule has 0 spiro atoms. The summed E-state index contributed by atoms with van der Waals surface area (Å²) >= 11 is 0. The third-order valence-corrected chi connectivity index (χ3v) is 5.04. The number of halogens is 1. The quantitative estimate of drug-likeness (QED) is 0.491. The molecule has 0 bridgehead atoms. The van der Waals surface area contributed by atoms with E-state index in [1.807, 2.05) is 6.07 Å². The highest BCUT2D eigenvalue weighted by atomic mass is 19.1. The topological polar surface area (TPSA) is 65.7 Å². The average Bonchev–Trinajstić information content (AvgIpc) is 2.72. The van der Waals surface area contributed by atoms with Crippen molar-refractivity contribution in [2.45, 2.75) is 25.7 Å². The minimum Gasteiger partial charge on any atom is -0.494 e. The smallest absolute Gasteiger partial charge is 0.339 e. The van der Waals surface area contributed by atoms with E-state index in [-0.39, 0.29) is 29.3 Å². The van der Waals surface area contributed by atoms with E-state index in [9.17, 15) is 14.0 Å². The summed E-state index contributed by atoms with van der Waals surface area (Å²) in [6.07, 6.45) is 3.66. The molecule has 0 saturated heterocycles. The van der Waals surface area contributed by atoms with E-state index < -0.39 is 5.82 Å². The zero-order chi connectivity index (χ0) is 19.7. The van der Waals surface area contributed by atoms with Crippen molar-refractivity contribution in [2.75, 3.05) is 13.7 Å². The molecule has 1 aromatic heterocycles. The Morgan fingerprint density at radius 1 is 1.11 bits per heavy atom. The normalized spacial score (nSPS) is 13.2. The van der Waals surface area contributed by atoms with E-state index in [4.69, 9.17) is 13.9 Å². The Balaban J connectivity index is 1.54. The Labute approximate surface area is 160 Å². The minimum atomic E-state index is -0.606. The van der Waals surface area contributed by atoms with Crippen molar-refractivity contribution in [1.29, 1.82) is 0 Å². The van der Waals surface area contributed by atoms with Crippen molar-refractivity contribution < 1.29 is 23.1 Å².